The molecule has 0 aliphatic carbocycles. The lowest BCUT2D eigenvalue weighted by molar-refractivity contribution is 0.471. The number of hydrogen-bond donors (Lipinski definition) is 1. The van der Waals surface area contributed by atoms with Gasteiger partial charge in [-0.15, -0.1) is 11.3 Å². The van der Waals surface area contributed by atoms with Crippen LogP contribution in [0.1, 0.15) is 17.6 Å². The van der Waals surface area contributed by atoms with E-state index in [2.05, 4.69) is 9.97 Å². The van der Waals surface area contributed by atoms with Crippen molar-refractivity contribution in [2.24, 2.45) is 0 Å². The summed E-state index contributed by atoms with van der Waals surface area (Å²) in [5, 5.41) is 2.16. The van der Waals surface area contributed by atoms with Crippen LogP contribution in [0.25, 0.3) is 0 Å². The van der Waals surface area contributed by atoms with Gasteiger partial charge in [-0.05, 0) is 17.9 Å². The Bertz CT molecular complexity index is 617. The number of rotatable bonds is 6. The second-order valence-corrected chi connectivity index (χ2v) is 7.25. The van der Waals surface area contributed by atoms with Gasteiger partial charge in [0.1, 0.15) is 5.82 Å². The second-order valence-electron chi connectivity index (χ2n) is 4.20. The highest BCUT2D eigenvalue weighted by Crippen LogP contribution is 2.14. The van der Waals surface area contributed by atoms with Gasteiger partial charge < -0.3 is 4.98 Å². The van der Waals surface area contributed by atoms with Crippen molar-refractivity contribution in [3.63, 3.8) is 0 Å². The van der Waals surface area contributed by atoms with Gasteiger partial charge in [-0.1, -0.05) is 13.0 Å². The number of sulfonamides is 1. The Morgan fingerprint density at radius 1 is 1.47 bits per heavy atom. The number of imidazole rings is 1. The van der Waals surface area contributed by atoms with Crippen molar-refractivity contribution in [3.8, 4) is 0 Å². The zero-order chi connectivity index (χ0) is 13.9. The molecule has 2 heterocycles. The van der Waals surface area contributed by atoms with Crippen molar-refractivity contribution in [2.75, 3.05) is 13.6 Å². The summed E-state index contributed by atoms with van der Waals surface area (Å²) in [6.07, 6.45) is 2.80. The molecule has 0 aromatic carbocycles. The minimum atomic E-state index is -3.46. The van der Waals surface area contributed by atoms with Gasteiger partial charge in [0.05, 0.1) is 6.20 Å². The van der Waals surface area contributed by atoms with Crippen LogP contribution in [0.5, 0.6) is 0 Å². The largest absolute Gasteiger partial charge is 0.332 e. The van der Waals surface area contributed by atoms with Crippen LogP contribution in [0.15, 0.2) is 28.7 Å². The second kappa shape index (κ2) is 5.85. The number of likely N-dealkylation sites (N-methyl/N-ethyl adjacent to an activating group) is 1. The quantitative estimate of drug-likeness (QED) is 0.886. The van der Waals surface area contributed by atoms with E-state index in [1.165, 1.54) is 15.4 Å². The van der Waals surface area contributed by atoms with E-state index in [1.807, 2.05) is 24.4 Å². The van der Waals surface area contributed by atoms with Crippen molar-refractivity contribution < 1.29 is 8.42 Å². The standard InChI is InChI=1S/C12H17N3O2S2/c1-3-11-13-9-12(14-11)19(16,17)15(2)7-6-10-5-4-8-18-10/h4-5,8-9H,3,6-7H2,1-2H3,(H,13,14). The lowest BCUT2D eigenvalue weighted by Gasteiger charge is -2.15. The number of aromatic amines is 1. The van der Waals surface area contributed by atoms with E-state index in [4.69, 9.17) is 0 Å². The number of hydrogen-bond acceptors (Lipinski definition) is 4. The lowest BCUT2D eigenvalue weighted by atomic mass is 10.3. The molecule has 0 bridgehead atoms. The van der Waals surface area contributed by atoms with Crippen molar-refractivity contribution in [2.45, 2.75) is 24.8 Å². The van der Waals surface area contributed by atoms with Gasteiger partial charge >= 0.3 is 0 Å². The SMILES string of the molecule is CCc1ncc(S(=O)(=O)N(C)CCc2cccs2)[nH]1. The predicted molar refractivity (Wildman–Crippen MR) is 75.8 cm³/mol. The van der Waals surface area contributed by atoms with Gasteiger partial charge in [-0.2, -0.15) is 4.31 Å². The highest BCUT2D eigenvalue weighted by atomic mass is 32.2. The van der Waals surface area contributed by atoms with Gasteiger partial charge in [-0.3, -0.25) is 0 Å². The zero-order valence-electron chi connectivity index (χ0n) is 11.0. The first-order valence-corrected chi connectivity index (χ1v) is 8.38. The molecule has 0 fully saturated rings. The lowest BCUT2D eigenvalue weighted by Crippen LogP contribution is -2.29. The third-order valence-electron chi connectivity index (χ3n) is 2.88. The third kappa shape index (κ3) is 3.23. The Hall–Kier alpha value is -1.18. The van der Waals surface area contributed by atoms with Crippen molar-refractivity contribution in [1.29, 1.82) is 0 Å². The van der Waals surface area contributed by atoms with E-state index >= 15 is 0 Å². The maximum Gasteiger partial charge on any atom is 0.259 e. The third-order valence-corrected chi connectivity index (χ3v) is 5.58. The smallest absolute Gasteiger partial charge is 0.259 e. The summed E-state index contributed by atoms with van der Waals surface area (Å²) in [5.41, 5.74) is 0. The molecule has 2 aromatic rings. The monoisotopic (exact) mass is 299 g/mol. The molecule has 0 radical (unpaired) electrons. The number of thiophene rings is 1. The Morgan fingerprint density at radius 3 is 2.84 bits per heavy atom. The summed E-state index contributed by atoms with van der Waals surface area (Å²) in [6.45, 7) is 2.39. The van der Waals surface area contributed by atoms with E-state index in [0.29, 0.717) is 18.8 Å². The molecule has 0 atom stereocenters. The van der Waals surface area contributed by atoms with E-state index in [-0.39, 0.29) is 5.03 Å². The number of nitrogens with zero attached hydrogens (tertiary/aromatic N) is 2. The topological polar surface area (TPSA) is 66.1 Å². The maximum absolute atomic E-state index is 12.3. The van der Waals surface area contributed by atoms with E-state index in [9.17, 15) is 8.42 Å². The van der Waals surface area contributed by atoms with Gasteiger partial charge in [0.2, 0.25) is 0 Å². The Morgan fingerprint density at radius 2 is 2.26 bits per heavy atom. The number of nitrogens with one attached hydrogen (secondary N) is 1. The van der Waals surface area contributed by atoms with Crippen LogP contribution < -0.4 is 0 Å². The molecule has 0 unspecified atom stereocenters. The molecule has 0 saturated heterocycles. The molecule has 2 rings (SSSR count). The predicted octanol–water partition coefficient (Wildman–Crippen LogP) is 1.90. The molecule has 5 nitrogen and oxygen atoms in total. The van der Waals surface area contributed by atoms with Gasteiger partial charge in [-0.25, -0.2) is 13.4 Å². The van der Waals surface area contributed by atoms with E-state index in [1.54, 1.807) is 18.4 Å². The van der Waals surface area contributed by atoms with Gasteiger partial charge in [0, 0.05) is 24.9 Å². The van der Waals surface area contributed by atoms with Crippen molar-refractivity contribution in [1.82, 2.24) is 14.3 Å². The number of aromatic nitrogens is 2. The minimum Gasteiger partial charge on any atom is -0.332 e. The van der Waals surface area contributed by atoms with Crippen LogP contribution in [0.4, 0.5) is 0 Å². The fraction of sp³-hybridized carbons (Fsp3) is 0.417. The van der Waals surface area contributed by atoms with E-state index in [0.717, 1.165) is 6.42 Å². The summed E-state index contributed by atoms with van der Waals surface area (Å²) in [6, 6.07) is 3.98. The molecule has 104 valence electrons. The fourth-order valence-electron chi connectivity index (χ4n) is 1.66. The molecule has 2 aromatic heterocycles. The summed E-state index contributed by atoms with van der Waals surface area (Å²) in [4.78, 5) is 8.05. The average molecular weight is 299 g/mol. The molecule has 0 amide bonds. The van der Waals surface area contributed by atoms with Crippen LogP contribution in [-0.4, -0.2) is 36.3 Å². The zero-order valence-corrected chi connectivity index (χ0v) is 12.6. The average Bonchev–Trinajstić information content (AvgIpc) is 3.06. The first kappa shape index (κ1) is 14.2. The van der Waals surface area contributed by atoms with E-state index < -0.39 is 10.0 Å². The number of H-pyrrole nitrogens is 1. The maximum atomic E-state index is 12.3. The van der Waals surface area contributed by atoms with Crippen LogP contribution >= 0.6 is 11.3 Å². The first-order valence-electron chi connectivity index (χ1n) is 6.06. The highest BCUT2D eigenvalue weighted by molar-refractivity contribution is 7.89. The summed E-state index contributed by atoms with van der Waals surface area (Å²) >= 11 is 1.64. The Labute approximate surface area is 117 Å². The Kier molecular flexibility index (Phi) is 4.38. The fourth-order valence-corrected chi connectivity index (χ4v) is 3.46. The molecule has 19 heavy (non-hydrogen) atoms. The molecular weight excluding hydrogens is 282 g/mol. The van der Waals surface area contributed by atoms with Crippen molar-refractivity contribution >= 4 is 21.4 Å². The molecule has 0 aliphatic rings. The van der Waals surface area contributed by atoms with Gasteiger partial charge in [0.25, 0.3) is 10.0 Å². The van der Waals surface area contributed by atoms with Crippen LogP contribution in [0.3, 0.4) is 0 Å². The molecule has 7 heteroatoms. The minimum absolute atomic E-state index is 0.165. The summed E-state index contributed by atoms with van der Waals surface area (Å²) < 4.78 is 25.9. The van der Waals surface area contributed by atoms with Crippen LogP contribution in [0, 0.1) is 0 Å². The first-order chi connectivity index (χ1) is 9.04. The van der Waals surface area contributed by atoms with Gasteiger partial charge in [0.15, 0.2) is 5.03 Å². The number of aryl methyl sites for hydroxylation is 1. The summed E-state index contributed by atoms with van der Waals surface area (Å²) in [7, 11) is -1.87. The Balaban J connectivity index is 2.06. The molecule has 0 aliphatic heterocycles. The van der Waals surface area contributed by atoms with Crippen LogP contribution in [0.2, 0.25) is 0 Å². The van der Waals surface area contributed by atoms with Crippen molar-refractivity contribution in [3.05, 3.63) is 34.4 Å². The normalized spacial score (nSPS) is 12.2. The molecule has 0 spiro atoms. The summed E-state index contributed by atoms with van der Waals surface area (Å²) in [5.74, 6) is 0.685. The molecule has 1 N–H and O–H groups in total. The highest BCUT2D eigenvalue weighted by Gasteiger charge is 2.22. The molecule has 0 saturated carbocycles. The van der Waals surface area contributed by atoms with Crippen LogP contribution in [-0.2, 0) is 22.9 Å². The molecular formula is C12H17N3O2S2.